The Labute approximate surface area is 289 Å². The molecule has 0 heterocycles. The molecule has 1 atom stereocenters. The summed E-state index contributed by atoms with van der Waals surface area (Å²) in [5, 5.41) is 26.6. The molecule has 0 fully saturated rings. The van der Waals surface area contributed by atoms with Crippen LogP contribution in [-0.2, 0) is 34.6 Å². The topological polar surface area (TPSA) is 231 Å². The number of carbonyl (C=O) groups excluding carboxylic acids is 2. The molecule has 0 aliphatic carbocycles. The number of benzene rings is 4. The second kappa shape index (κ2) is 14.9. The first-order valence-electron chi connectivity index (χ1n) is 14.0. The average molecular weight is 754 g/mol. The lowest BCUT2D eigenvalue weighted by molar-refractivity contribution is -0.147. The summed E-state index contributed by atoms with van der Waals surface area (Å²) in [6.07, 6.45) is 0. The number of phenols is 1. The number of halogens is 2. The van der Waals surface area contributed by atoms with Gasteiger partial charge in [0.1, 0.15) is 16.3 Å². The molecule has 0 saturated heterocycles. The third-order valence-electron chi connectivity index (χ3n) is 6.61. The summed E-state index contributed by atoms with van der Waals surface area (Å²) >= 11 is 13.0. The molecule has 1 unspecified atom stereocenters. The van der Waals surface area contributed by atoms with Crippen molar-refractivity contribution in [1.29, 1.82) is 0 Å². The van der Waals surface area contributed by atoms with Crippen LogP contribution in [0.4, 0.5) is 17.1 Å². The Morgan fingerprint density at radius 3 is 1.90 bits per heavy atom. The minimum atomic E-state index is -5.07. The number of rotatable bonds is 12. The van der Waals surface area contributed by atoms with E-state index in [0.717, 1.165) is 18.2 Å². The Kier molecular flexibility index (Phi) is 11.4. The van der Waals surface area contributed by atoms with Gasteiger partial charge < -0.3 is 14.6 Å². The highest BCUT2D eigenvalue weighted by Gasteiger charge is 2.26. The van der Waals surface area contributed by atoms with Crippen LogP contribution in [0.3, 0.4) is 0 Å². The van der Waals surface area contributed by atoms with E-state index in [1.165, 1.54) is 37.3 Å². The second-order valence-electron chi connectivity index (χ2n) is 9.98. The molecule has 258 valence electrons. The lowest BCUT2D eigenvalue weighted by atomic mass is 10.0. The number of fused-ring (bicyclic) bond motifs is 1. The molecule has 19 heteroatoms. The van der Waals surface area contributed by atoms with Gasteiger partial charge in [-0.05, 0) is 62.6 Å². The number of carbonyl (C=O) groups is 2. The summed E-state index contributed by atoms with van der Waals surface area (Å²) in [5.41, 5.74) is 0.509. The van der Waals surface area contributed by atoms with Crippen molar-refractivity contribution in [1.82, 2.24) is 0 Å². The molecular weight excluding hydrogens is 727 g/mol. The Balaban J connectivity index is 1.72. The van der Waals surface area contributed by atoms with E-state index < -0.39 is 59.3 Å². The van der Waals surface area contributed by atoms with Gasteiger partial charge in [-0.15, -0.1) is 5.11 Å². The molecule has 0 spiro atoms. The van der Waals surface area contributed by atoms with Crippen molar-refractivity contribution in [2.45, 2.75) is 36.6 Å². The van der Waals surface area contributed by atoms with E-state index in [1.54, 1.807) is 19.9 Å². The smallest absolute Gasteiger partial charge is 0.340 e. The third-order valence-corrected chi connectivity index (χ3v) is 8.93. The molecule has 0 saturated carbocycles. The van der Waals surface area contributed by atoms with Crippen molar-refractivity contribution in [3.05, 3.63) is 64.6 Å². The van der Waals surface area contributed by atoms with Crippen LogP contribution in [0.25, 0.3) is 21.9 Å². The largest absolute Gasteiger partial charge is 0.505 e. The van der Waals surface area contributed by atoms with Crippen LogP contribution in [-0.4, -0.2) is 62.1 Å². The van der Waals surface area contributed by atoms with Gasteiger partial charge in [-0.3, -0.25) is 13.9 Å². The molecule has 0 aromatic heterocycles. The van der Waals surface area contributed by atoms with E-state index in [9.17, 15) is 40.6 Å². The molecule has 0 bridgehead atoms. The van der Waals surface area contributed by atoms with Gasteiger partial charge in [0.2, 0.25) is 6.04 Å². The van der Waals surface area contributed by atoms with Crippen molar-refractivity contribution in [3.8, 4) is 22.6 Å². The van der Waals surface area contributed by atoms with Gasteiger partial charge >= 0.3 is 5.97 Å². The first-order valence-corrected chi connectivity index (χ1v) is 17.6. The van der Waals surface area contributed by atoms with E-state index in [-0.39, 0.29) is 51.2 Å². The highest BCUT2D eigenvalue weighted by molar-refractivity contribution is 7.86. The van der Waals surface area contributed by atoms with Crippen LogP contribution in [0.1, 0.15) is 20.8 Å². The molecule has 0 aliphatic rings. The number of nitrogens with zero attached hydrogens (tertiary/aromatic N) is 4. The highest BCUT2D eigenvalue weighted by atomic mass is 35.5. The highest BCUT2D eigenvalue weighted by Crippen LogP contribution is 2.46. The van der Waals surface area contributed by atoms with Crippen molar-refractivity contribution in [2.75, 3.05) is 13.2 Å². The zero-order chi connectivity index (χ0) is 36.3. The van der Waals surface area contributed by atoms with Crippen molar-refractivity contribution < 1.29 is 50.1 Å². The van der Waals surface area contributed by atoms with Crippen LogP contribution in [0.2, 0.25) is 10.0 Å². The van der Waals surface area contributed by atoms with E-state index in [0.29, 0.717) is 11.1 Å². The fraction of sp³-hybridized carbons (Fsp3) is 0.200. The van der Waals surface area contributed by atoms with E-state index >= 15 is 0 Å². The van der Waals surface area contributed by atoms with Crippen LogP contribution in [0, 0.1) is 0 Å². The molecule has 0 amide bonds. The standard InChI is InChI=1S/C30H26Cl2N4O11S2/c1-4-46-24-14-19(48(40,41)42)10-16-11-25(49(43,44)45)28(29(38)26(16)24)36-34-18-7-9-21(23(32)13-18)20-8-6-17(12-22(20)31)33-35-27(15(3)37)30(39)47-5-2/h6-14,27,38H,4-5H2,1-3H3,(H,40,41,42)(H,43,44,45). The third kappa shape index (κ3) is 8.56. The molecule has 49 heavy (non-hydrogen) atoms. The van der Waals surface area contributed by atoms with Gasteiger partial charge in [-0.25, -0.2) is 4.79 Å². The molecule has 3 N–H and O–H groups in total. The fourth-order valence-electron chi connectivity index (χ4n) is 4.45. The number of ether oxygens (including phenoxy) is 2. The monoisotopic (exact) mass is 752 g/mol. The number of aromatic hydroxyl groups is 1. The number of phenolic OH excluding ortho intramolecular Hbond substituents is 1. The number of ketones is 1. The summed E-state index contributed by atoms with van der Waals surface area (Å²) in [6, 6.07) is 10.1. The van der Waals surface area contributed by atoms with Crippen LogP contribution < -0.4 is 4.74 Å². The molecule has 4 aromatic rings. The first-order chi connectivity index (χ1) is 23.0. The first kappa shape index (κ1) is 37.3. The maximum atomic E-state index is 12.3. The van der Waals surface area contributed by atoms with Crippen molar-refractivity contribution in [3.63, 3.8) is 0 Å². The summed E-state index contributed by atoms with van der Waals surface area (Å²) in [7, 11) is -9.84. The van der Waals surface area contributed by atoms with Crippen molar-refractivity contribution in [2.24, 2.45) is 20.5 Å². The fourth-order valence-corrected chi connectivity index (χ4v) is 6.19. The van der Waals surface area contributed by atoms with Crippen LogP contribution in [0.15, 0.2) is 84.8 Å². The van der Waals surface area contributed by atoms with Gasteiger partial charge in [-0.2, -0.15) is 32.2 Å². The Morgan fingerprint density at radius 2 is 1.41 bits per heavy atom. The van der Waals surface area contributed by atoms with Crippen LogP contribution >= 0.6 is 23.2 Å². The van der Waals surface area contributed by atoms with E-state index in [2.05, 4.69) is 20.5 Å². The van der Waals surface area contributed by atoms with E-state index in [4.69, 9.17) is 32.7 Å². The number of esters is 1. The number of hydrogen-bond acceptors (Lipinski definition) is 13. The molecule has 15 nitrogen and oxygen atoms in total. The normalized spacial score (nSPS) is 12.9. The summed E-state index contributed by atoms with van der Waals surface area (Å²) < 4.78 is 77.9. The average Bonchev–Trinajstić information content (AvgIpc) is 3.00. The van der Waals surface area contributed by atoms with Gasteiger partial charge in [0.05, 0.1) is 44.9 Å². The predicted molar refractivity (Wildman–Crippen MR) is 178 cm³/mol. The lowest BCUT2D eigenvalue weighted by Crippen LogP contribution is -2.28. The number of azo groups is 2. The molecular formula is C30H26Cl2N4O11S2. The maximum absolute atomic E-state index is 12.3. The minimum absolute atomic E-state index is 0.00210. The summed E-state index contributed by atoms with van der Waals surface area (Å²) in [6.45, 7) is 4.40. The molecule has 0 radical (unpaired) electrons. The minimum Gasteiger partial charge on any atom is -0.505 e. The number of hydrogen-bond donors (Lipinski definition) is 3. The van der Waals surface area contributed by atoms with Gasteiger partial charge in [-0.1, -0.05) is 35.3 Å². The second-order valence-corrected chi connectivity index (χ2v) is 13.6. The van der Waals surface area contributed by atoms with Gasteiger partial charge in [0, 0.05) is 17.2 Å². The molecule has 4 aromatic carbocycles. The van der Waals surface area contributed by atoms with Gasteiger partial charge in [0.15, 0.2) is 11.5 Å². The zero-order valence-corrected chi connectivity index (χ0v) is 28.8. The van der Waals surface area contributed by atoms with Crippen LogP contribution in [0.5, 0.6) is 11.5 Å². The Morgan fingerprint density at radius 1 is 0.816 bits per heavy atom. The number of Topliss-reactive ketones (excluding diaryl/α,β-unsaturated/α-hetero) is 1. The van der Waals surface area contributed by atoms with E-state index in [1.807, 2.05) is 0 Å². The quantitative estimate of drug-likeness (QED) is 0.0557. The summed E-state index contributed by atoms with van der Waals surface area (Å²) in [5.74, 6) is -2.43. The maximum Gasteiger partial charge on any atom is 0.340 e. The zero-order valence-electron chi connectivity index (χ0n) is 25.7. The Bertz CT molecular complexity index is 2260. The van der Waals surface area contributed by atoms with Crippen molar-refractivity contribution >= 4 is 83.0 Å². The molecule has 4 rings (SSSR count). The Hall–Kier alpha value is -4.52. The SMILES string of the molecule is CCOC(=O)C(N=Nc1ccc(-c2ccc(N=Nc3c(S(=O)(=O)O)cc4cc(S(=O)(=O)O)cc(OCC)c4c3O)cc2Cl)c(Cl)c1)C(C)=O. The molecule has 0 aliphatic heterocycles. The predicted octanol–water partition coefficient (Wildman–Crippen LogP) is 7.43. The summed E-state index contributed by atoms with van der Waals surface area (Å²) in [4.78, 5) is 22.2. The van der Waals surface area contributed by atoms with Gasteiger partial charge in [0.25, 0.3) is 20.2 Å². The lowest BCUT2D eigenvalue weighted by Gasteiger charge is -2.14.